The molecule has 0 unspecified atom stereocenters. The lowest BCUT2D eigenvalue weighted by atomic mass is 10.2. The zero-order valence-electron chi connectivity index (χ0n) is 8.47. The lowest BCUT2D eigenvalue weighted by molar-refractivity contribution is 0.627. The molecule has 0 atom stereocenters. The smallest absolute Gasteiger partial charge is 0.188 e. The Balaban J connectivity index is 2.08. The van der Waals surface area contributed by atoms with Crippen molar-refractivity contribution < 1.29 is 4.39 Å². The van der Waals surface area contributed by atoms with Crippen LogP contribution in [0.4, 0.5) is 4.39 Å². The highest BCUT2D eigenvalue weighted by Crippen LogP contribution is 2.39. The van der Waals surface area contributed by atoms with Crippen molar-refractivity contribution in [1.29, 1.82) is 0 Å². The molecule has 1 fully saturated rings. The second-order valence-corrected chi connectivity index (χ2v) is 4.33. The summed E-state index contributed by atoms with van der Waals surface area (Å²) in [5.41, 5.74) is 0.876. The quantitative estimate of drug-likeness (QED) is 0.811. The van der Waals surface area contributed by atoms with E-state index in [9.17, 15) is 4.39 Å². The van der Waals surface area contributed by atoms with Gasteiger partial charge in [0.2, 0.25) is 0 Å². The Hall–Kier alpha value is -1.36. The van der Waals surface area contributed by atoms with Gasteiger partial charge in [0, 0.05) is 11.6 Å². The highest BCUT2D eigenvalue weighted by atomic mass is 32.1. The van der Waals surface area contributed by atoms with Gasteiger partial charge in [-0.05, 0) is 37.1 Å². The molecule has 1 aliphatic carbocycles. The van der Waals surface area contributed by atoms with Crippen LogP contribution in [0, 0.1) is 5.82 Å². The Morgan fingerprint density at radius 2 is 1.88 bits per heavy atom. The Morgan fingerprint density at radius 1 is 1.19 bits per heavy atom. The van der Waals surface area contributed by atoms with Crippen LogP contribution in [0.15, 0.2) is 29.4 Å². The van der Waals surface area contributed by atoms with Crippen LogP contribution in [-0.4, -0.2) is 14.8 Å². The first-order chi connectivity index (χ1) is 7.75. The predicted octanol–water partition coefficient (Wildman–Crippen LogP) is 2.71. The van der Waals surface area contributed by atoms with Gasteiger partial charge in [-0.25, -0.2) is 4.39 Å². The van der Waals surface area contributed by atoms with E-state index in [0.717, 1.165) is 24.2 Å². The molecule has 16 heavy (non-hydrogen) atoms. The average Bonchev–Trinajstić information content (AvgIpc) is 3.04. The van der Waals surface area contributed by atoms with Crippen LogP contribution in [-0.2, 0) is 0 Å². The maximum absolute atomic E-state index is 12.8. The SMILES string of the molecule is Fc1ccc(-c2nnc(S)n2C2CC2)cc1. The van der Waals surface area contributed by atoms with Crippen molar-refractivity contribution >= 4 is 12.6 Å². The molecular weight excluding hydrogens is 225 g/mol. The van der Waals surface area contributed by atoms with Crippen molar-refractivity contribution in [2.45, 2.75) is 24.0 Å². The van der Waals surface area contributed by atoms with E-state index in [2.05, 4.69) is 22.8 Å². The van der Waals surface area contributed by atoms with Crippen LogP contribution in [0.2, 0.25) is 0 Å². The highest BCUT2D eigenvalue weighted by molar-refractivity contribution is 7.80. The number of thiol groups is 1. The molecule has 0 saturated heterocycles. The van der Waals surface area contributed by atoms with Crippen LogP contribution < -0.4 is 0 Å². The molecule has 0 aliphatic heterocycles. The third-order valence-corrected chi connectivity index (χ3v) is 3.00. The Bertz CT molecular complexity index is 517. The summed E-state index contributed by atoms with van der Waals surface area (Å²) in [6.45, 7) is 0. The number of halogens is 1. The molecule has 3 rings (SSSR count). The molecule has 5 heteroatoms. The Morgan fingerprint density at radius 3 is 2.50 bits per heavy atom. The largest absolute Gasteiger partial charge is 0.299 e. The summed E-state index contributed by atoms with van der Waals surface area (Å²) in [5.74, 6) is 0.528. The monoisotopic (exact) mass is 235 g/mol. The minimum atomic E-state index is -0.243. The van der Waals surface area contributed by atoms with Gasteiger partial charge in [-0.3, -0.25) is 4.57 Å². The third-order valence-electron chi connectivity index (χ3n) is 2.69. The molecule has 1 aromatic heterocycles. The van der Waals surface area contributed by atoms with Crippen molar-refractivity contribution in [3.05, 3.63) is 30.1 Å². The van der Waals surface area contributed by atoms with Crippen molar-refractivity contribution in [1.82, 2.24) is 14.8 Å². The fourth-order valence-electron chi connectivity index (χ4n) is 1.75. The molecule has 82 valence electrons. The molecule has 0 N–H and O–H groups in total. The van der Waals surface area contributed by atoms with Gasteiger partial charge in [0.15, 0.2) is 11.0 Å². The van der Waals surface area contributed by atoms with E-state index >= 15 is 0 Å². The van der Waals surface area contributed by atoms with Crippen LogP contribution in [0.5, 0.6) is 0 Å². The number of nitrogens with zero attached hydrogens (tertiary/aromatic N) is 3. The van der Waals surface area contributed by atoms with E-state index in [-0.39, 0.29) is 5.82 Å². The zero-order chi connectivity index (χ0) is 11.1. The van der Waals surface area contributed by atoms with E-state index in [0.29, 0.717) is 11.2 Å². The zero-order valence-corrected chi connectivity index (χ0v) is 9.36. The second kappa shape index (κ2) is 3.59. The summed E-state index contributed by atoms with van der Waals surface area (Å²) in [7, 11) is 0. The average molecular weight is 235 g/mol. The Labute approximate surface area is 97.7 Å². The van der Waals surface area contributed by atoms with Crippen molar-refractivity contribution in [3.63, 3.8) is 0 Å². The Kier molecular flexibility index (Phi) is 2.21. The fourth-order valence-corrected chi connectivity index (χ4v) is 2.05. The van der Waals surface area contributed by atoms with Gasteiger partial charge in [0.05, 0.1) is 0 Å². The molecule has 0 spiro atoms. The number of rotatable bonds is 2. The molecule has 1 aromatic carbocycles. The van der Waals surface area contributed by atoms with Crippen LogP contribution in [0.1, 0.15) is 18.9 Å². The first kappa shape index (κ1) is 9.84. The number of aromatic nitrogens is 3. The van der Waals surface area contributed by atoms with Gasteiger partial charge < -0.3 is 0 Å². The van der Waals surface area contributed by atoms with Gasteiger partial charge in [0.1, 0.15) is 5.82 Å². The summed E-state index contributed by atoms with van der Waals surface area (Å²) in [6, 6.07) is 6.75. The molecule has 0 bridgehead atoms. The highest BCUT2D eigenvalue weighted by Gasteiger charge is 2.28. The third kappa shape index (κ3) is 1.61. The fraction of sp³-hybridized carbons (Fsp3) is 0.273. The minimum absolute atomic E-state index is 0.243. The number of hydrogen-bond acceptors (Lipinski definition) is 3. The molecule has 1 saturated carbocycles. The van der Waals surface area contributed by atoms with Crippen molar-refractivity contribution in [2.75, 3.05) is 0 Å². The maximum atomic E-state index is 12.8. The second-order valence-electron chi connectivity index (χ2n) is 3.93. The van der Waals surface area contributed by atoms with Crippen molar-refractivity contribution in [3.8, 4) is 11.4 Å². The number of benzene rings is 1. The summed E-state index contributed by atoms with van der Waals surface area (Å²) < 4.78 is 14.8. The van der Waals surface area contributed by atoms with E-state index in [1.165, 1.54) is 12.1 Å². The number of hydrogen-bond donors (Lipinski definition) is 1. The first-order valence-electron chi connectivity index (χ1n) is 5.15. The molecule has 0 amide bonds. The van der Waals surface area contributed by atoms with Crippen molar-refractivity contribution in [2.24, 2.45) is 0 Å². The normalized spacial score (nSPS) is 15.4. The van der Waals surface area contributed by atoms with Gasteiger partial charge in [-0.1, -0.05) is 0 Å². The molecule has 3 nitrogen and oxygen atoms in total. The van der Waals surface area contributed by atoms with Gasteiger partial charge in [-0.15, -0.1) is 22.8 Å². The van der Waals surface area contributed by atoms with Crippen LogP contribution in [0.25, 0.3) is 11.4 Å². The summed E-state index contributed by atoms with van der Waals surface area (Å²) in [4.78, 5) is 0. The van der Waals surface area contributed by atoms with E-state index in [4.69, 9.17) is 0 Å². The van der Waals surface area contributed by atoms with E-state index in [1.807, 2.05) is 4.57 Å². The van der Waals surface area contributed by atoms with Gasteiger partial charge in [-0.2, -0.15) is 0 Å². The van der Waals surface area contributed by atoms with Gasteiger partial charge >= 0.3 is 0 Å². The summed E-state index contributed by atoms with van der Waals surface area (Å²) in [5, 5.41) is 8.68. The summed E-state index contributed by atoms with van der Waals surface area (Å²) in [6.07, 6.45) is 2.28. The van der Waals surface area contributed by atoms with E-state index < -0.39 is 0 Å². The molecule has 2 aromatic rings. The topological polar surface area (TPSA) is 30.7 Å². The first-order valence-corrected chi connectivity index (χ1v) is 5.60. The standard InChI is InChI=1S/C11H10FN3S/c12-8-3-1-7(2-4-8)10-13-14-11(16)15(10)9-5-6-9/h1-4,9H,5-6H2,(H,14,16). The minimum Gasteiger partial charge on any atom is -0.299 e. The summed E-state index contributed by atoms with van der Waals surface area (Å²) >= 11 is 4.28. The molecule has 0 radical (unpaired) electrons. The van der Waals surface area contributed by atoms with Crippen LogP contribution in [0.3, 0.4) is 0 Å². The van der Waals surface area contributed by atoms with Gasteiger partial charge in [0.25, 0.3) is 0 Å². The molecule has 1 heterocycles. The molecular formula is C11H10FN3S. The lowest BCUT2D eigenvalue weighted by Crippen LogP contribution is -1.98. The van der Waals surface area contributed by atoms with E-state index in [1.54, 1.807) is 12.1 Å². The lowest BCUT2D eigenvalue weighted by Gasteiger charge is -2.05. The van der Waals surface area contributed by atoms with Crippen LogP contribution >= 0.6 is 12.6 Å². The maximum Gasteiger partial charge on any atom is 0.188 e. The predicted molar refractivity (Wildman–Crippen MR) is 60.9 cm³/mol. The molecule has 1 aliphatic rings.